The van der Waals surface area contributed by atoms with E-state index < -0.39 is 9.73 Å². The van der Waals surface area contributed by atoms with Crippen LogP contribution < -0.4 is 15.8 Å². The third-order valence-electron chi connectivity index (χ3n) is 6.07. The summed E-state index contributed by atoms with van der Waals surface area (Å²) in [5, 5.41) is 0.787. The van der Waals surface area contributed by atoms with Crippen molar-refractivity contribution in [3.8, 4) is 0 Å². The number of fused-ring (bicyclic) bond motifs is 1. The van der Waals surface area contributed by atoms with Crippen LogP contribution in [0, 0.1) is 5.82 Å². The number of nitrogens with one attached hydrogen (secondary N) is 2. The van der Waals surface area contributed by atoms with Crippen LogP contribution in [0.2, 0.25) is 0 Å². The third-order valence-corrected chi connectivity index (χ3v) is 7.76. The van der Waals surface area contributed by atoms with Crippen LogP contribution in [0.25, 0.3) is 10.9 Å². The number of ether oxygens (including phenoxy) is 1. The van der Waals surface area contributed by atoms with Crippen LogP contribution in [0.1, 0.15) is 25.1 Å². The molecule has 0 spiro atoms. The van der Waals surface area contributed by atoms with Crippen LogP contribution in [-0.2, 0) is 14.5 Å². The molecule has 2 unspecified atom stereocenters. The number of hydrazine groups is 1. The Hall–Kier alpha value is -2.66. The molecule has 4 heterocycles. The molecule has 5 rings (SSSR count). The number of hydrogen-bond acceptors (Lipinski definition) is 8. The molecule has 2 N–H and O–H groups in total. The molecular weight excluding hydrogens is 443 g/mol. The maximum atomic E-state index is 13.6. The number of rotatable bonds is 4. The first kappa shape index (κ1) is 22.1. The molecule has 0 saturated carbocycles. The first-order valence-electron chi connectivity index (χ1n) is 11.0. The highest BCUT2D eigenvalue weighted by Gasteiger charge is 2.25. The Balaban J connectivity index is 1.72. The van der Waals surface area contributed by atoms with Crippen molar-refractivity contribution in [3.63, 3.8) is 0 Å². The fourth-order valence-corrected chi connectivity index (χ4v) is 5.58. The van der Waals surface area contributed by atoms with E-state index in [0.717, 1.165) is 35.4 Å². The van der Waals surface area contributed by atoms with Crippen molar-refractivity contribution in [2.24, 2.45) is 4.36 Å². The Bertz CT molecular complexity index is 1290. The summed E-state index contributed by atoms with van der Waals surface area (Å²) in [6.07, 6.45) is 4.21. The smallest absolute Gasteiger partial charge is 0.131 e. The van der Waals surface area contributed by atoms with Crippen molar-refractivity contribution < 1.29 is 13.3 Å². The minimum Gasteiger partial charge on any atom is -0.377 e. The number of halogens is 1. The summed E-state index contributed by atoms with van der Waals surface area (Å²) < 4.78 is 37.4. The lowest BCUT2D eigenvalue weighted by Gasteiger charge is -2.34. The second kappa shape index (κ2) is 8.94. The summed E-state index contributed by atoms with van der Waals surface area (Å²) in [7, 11) is -2.83. The molecule has 33 heavy (non-hydrogen) atoms. The van der Waals surface area contributed by atoms with Gasteiger partial charge in [-0.25, -0.2) is 19.0 Å². The molecule has 0 amide bonds. The lowest BCUT2D eigenvalue weighted by atomic mass is 10.1. The van der Waals surface area contributed by atoms with E-state index in [1.165, 1.54) is 24.3 Å². The highest BCUT2D eigenvalue weighted by Crippen LogP contribution is 2.35. The van der Waals surface area contributed by atoms with E-state index in [1.54, 1.807) is 12.5 Å². The van der Waals surface area contributed by atoms with Crippen molar-refractivity contribution >= 4 is 32.1 Å². The SMILES string of the molecule is C[C@@H]1COCCN1c1cc(N=S(C)(=O)c2ccc(F)cc2)c2ccnc(C3CCNN3)c2n1. The topological polar surface area (TPSA) is 91.7 Å². The molecule has 10 heteroatoms. The van der Waals surface area contributed by atoms with E-state index in [-0.39, 0.29) is 17.9 Å². The van der Waals surface area contributed by atoms with Crippen molar-refractivity contribution in [2.45, 2.75) is 30.3 Å². The summed E-state index contributed by atoms with van der Waals surface area (Å²) in [4.78, 5) is 12.3. The van der Waals surface area contributed by atoms with E-state index in [2.05, 4.69) is 27.7 Å². The van der Waals surface area contributed by atoms with E-state index in [1.807, 2.05) is 12.1 Å². The van der Waals surface area contributed by atoms with Gasteiger partial charge in [-0.2, -0.15) is 4.36 Å². The fraction of sp³-hybridized carbons (Fsp3) is 0.391. The summed E-state index contributed by atoms with van der Waals surface area (Å²) in [5.74, 6) is 0.381. The molecule has 3 aromatic rings. The second-order valence-corrected chi connectivity index (χ2v) is 10.7. The Morgan fingerprint density at radius 2 is 2.09 bits per heavy atom. The van der Waals surface area contributed by atoms with Crippen LogP contribution in [-0.4, -0.2) is 52.8 Å². The van der Waals surface area contributed by atoms with Crippen molar-refractivity contribution in [3.05, 3.63) is 54.1 Å². The number of morpholine rings is 1. The molecule has 8 nitrogen and oxygen atoms in total. The average molecular weight is 471 g/mol. The molecule has 0 radical (unpaired) electrons. The Labute approximate surface area is 192 Å². The number of benzene rings is 1. The van der Waals surface area contributed by atoms with Gasteiger partial charge in [-0.05, 0) is 43.7 Å². The number of nitrogens with zero attached hydrogens (tertiary/aromatic N) is 4. The first-order valence-corrected chi connectivity index (χ1v) is 12.9. The van der Waals surface area contributed by atoms with Gasteiger partial charge in [0.25, 0.3) is 0 Å². The maximum Gasteiger partial charge on any atom is 0.131 e. The largest absolute Gasteiger partial charge is 0.377 e. The highest BCUT2D eigenvalue weighted by atomic mass is 32.2. The molecule has 0 bridgehead atoms. The summed E-state index contributed by atoms with van der Waals surface area (Å²) in [6.45, 7) is 4.87. The van der Waals surface area contributed by atoms with E-state index >= 15 is 0 Å². The van der Waals surface area contributed by atoms with Crippen LogP contribution in [0.15, 0.2) is 51.9 Å². The normalized spacial score (nSPS) is 22.9. The van der Waals surface area contributed by atoms with Crippen molar-refractivity contribution in [2.75, 3.05) is 37.5 Å². The van der Waals surface area contributed by atoms with Gasteiger partial charge in [0, 0.05) is 41.9 Å². The van der Waals surface area contributed by atoms with E-state index in [9.17, 15) is 8.60 Å². The molecule has 0 aliphatic carbocycles. The highest BCUT2D eigenvalue weighted by molar-refractivity contribution is 7.93. The summed E-state index contributed by atoms with van der Waals surface area (Å²) in [6, 6.07) is 9.58. The maximum absolute atomic E-state index is 13.6. The zero-order chi connectivity index (χ0) is 23.0. The predicted octanol–water partition coefficient (Wildman–Crippen LogP) is 3.32. The van der Waals surface area contributed by atoms with E-state index in [0.29, 0.717) is 30.3 Å². The molecule has 2 aliphatic heterocycles. The van der Waals surface area contributed by atoms with Crippen LogP contribution in [0.4, 0.5) is 15.9 Å². The third kappa shape index (κ3) is 4.43. The Morgan fingerprint density at radius 3 is 2.82 bits per heavy atom. The monoisotopic (exact) mass is 470 g/mol. The molecule has 2 saturated heterocycles. The predicted molar refractivity (Wildman–Crippen MR) is 126 cm³/mol. The van der Waals surface area contributed by atoms with Gasteiger partial charge in [0.2, 0.25) is 0 Å². The quantitative estimate of drug-likeness (QED) is 0.604. The van der Waals surface area contributed by atoms with Gasteiger partial charge >= 0.3 is 0 Å². The number of anilines is 1. The zero-order valence-electron chi connectivity index (χ0n) is 18.6. The molecule has 2 aliphatic rings. The van der Waals surface area contributed by atoms with Crippen molar-refractivity contribution in [1.29, 1.82) is 0 Å². The van der Waals surface area contributed by atoms with Crippen LogP contribution >= 0.6 is 0 Å². The van der Waals surface area contributed by atoms with Crippen LogP contribution in [0.5, 0.6) is 0 Å². The number of aromatic nitrogens is 2. The molecule has 2 aromatic heterocycles. The molecule has 1 aromatic carbocycles. The molecule has 3 atom stereocenters. The average Bonchev–Trinajstić information content (AvgIpc) is 3.34. The van der Waals surface area contributed by atoms with Gasteiger partial charge in [-0.3, -0.25) is 10.4 Å². The lowest BCUT2D eigenvalue weighted by molar-refractivity contribution is 0.0986. The molecule has 174 valence electrons. The standard InChI is InChI=1S/C23H27FN6O2S/c1-15-14-32-12-11-30(15)21-13-20(29-33(2,31)17-5-3-16(24)4-6-17)18-7-9-25-23(22(18)27-21)19-8-10-26-28-19/h3-7,9,13,15,19,26,28H,8,10-12,14H2,1-2H3/t15-,19?,33?/m1/s1. The Kier molecular flexibility index (Phi) is 6.00. The minimum absolute atomic E-state index is 0.0227. The number of pyridine rings is 2. The van der Waals surface area contributed by atoms with E-state index in [4.69, 9.17) is 14.1 Å². The second-order valence-electron chi connectivity index (χ2n) is 8.47. The zero-order valence-corrected chi connectivity index (χ0v) is 19.4. The first-order chi connectivity index (χ1) is 15.9. The van der Waals surface area contributed by atoms with Gasteiger partial charge in [0.05, 0.1) is 51.9 Å². The summed E-state index contributed by atoms with van der Waals surface area (Å²) >= 11 is 0. The Morgan fingerprint density at radius 1 is 1.27 bits per heavy atom. The van der Waals surface area contributed by atoms with Gasteiger partial charge in [0.1, 0.15) is 11.6 Å². The number of hydrogen-bond donors (Lipinski definition) is 2. The minimum atomic E-state index is -2.83. The van der Waals surface area contributed by atoms with Gasteiger partial charge < -0.3 is 9.64 Å². The van der Waals surface area contributed by atoms with Crippen molar-refractivity contribution in [1.82, 2.24) is 20.8 Å². The van der Waals surface area contributed by atoms with Gasteiger partial charge in [-0.1, -0.05) is 0 Å². The molecule has 2 fully saturated rings. The lowest BCUT2D eigenvalue weighted by Crippen LogP contribution is -2.44. The molecular formula is C23H27FN6O2S. The summed E-state index contributed by atoms with van der Waals surface area (Å²) in [5.41, 5.74) is 8.57. The van der Waals surface area contributed by atoms with Crippen LogP contribution in [0.3, 0.4) is 0 Å². The van der Waals surface area contributed by atoms with Gasteiger partial charge in [-0.15, -0.1) is 0 Å². The fourth-order valence-electron chi connectivity index (χ4n) is 4.30. The van der Waals surface area contributed by atoms with Gasteiger partial charge in [0.15, 0.2) is 0 Å².